The summed E-state index contributed by atoms with van der Waals surface area (Å²) in [7, 11) is 1.63. The van der Waals surface area contributed by atoms with E-state index in [1.54, 1.807) is 13.2 Å². The van der Waals surface area contributed by atoms with Gasteiger partial charge in [-0.1, -0.05) is 12.1 Å². The van der Waals surface area contributed by atoms with Crippen molar-refractivity contribution in [3.8, 4) is 5.75 Å². The molecule has 6 heteroatoms. The van der Waals surface area contributed by atoms with Crippen LogP contribution < -0.4 is 15.0 Å². The van der Waals surface area contributed by atoms with Crippen molar-refractivity contribution in [3.05, 3.63) is 47.4 Å². The minimum Gasteiger partial charge on any atom is -0.497 e. The Morgan fingerprint density at radius 3 is 2.58 bits per heavy atom. The molecule has 0 unspecified atom stereocenters. The van der Waals surface area contributed by atoms with Gasteiger partial charge in [0.1, 0.15) is 23.1 Å². The largest absolute Gasteiger partial charge is 0.497 e. The summed E-state index contributed by atoms with van der Waals surface area (Å²) in [6, 6.07) is 9.39. The molecule has 0 radical (unpaired) electrons. The Hall–Kier alpha value is -2.63. The average Bonchev–Trinajstić information content (AvgIpc) is 3.14. The standard InChI is InChI=1S/C18H22N4O2/c1-13-20-16(11-17(21-13)22-9-3-4-10-22)18(23)19-12-14-5-7-15(24-2)8-6-14/h5-8,11H,3-4,9-10,12H2,1-2H3,(H,19,23). The molecule has 1 amide bonds. The average molecular weight is 326 g/mol. The number of aromatic nitrogens is 2. The van der Waals surface area contributed by atoms with Crippen molar-refractivity contribution < 1.29 is 9.53 Å². The van der Waals surface area contributed by atoms with Crippen LogP contribution in [-0.4, -0.2) is 36.1 Å². The fraction of sp³-hybridized carbons (Fsp3) is 0.389. The van der Waals surface area contributed by atoms with Crippen molar-refractivity contribution in [1.82, 2.24) is 15.3 Å². The van der Waals surface area contributed by atoms with Crippen LogP contribution in [-0.2, 0) is 6.54 Å². The molecule has 0 atom stereocenters. The number of nitrogens with one attached hydrogen (secondary N) is 1. The first-order chi connectivity index (χ1) is 11.7. The molecule has 1 fully saturated rings. The van der Waals surface area contributed by atoms with Crippen molar-refractivity contribution in [2.75, 3.05) is 25.1 Å². The van der Waals surface area contributed by atoms with E-state index in [4.69, 9.17) is 4.74 Å². The summed E-state index contributed by atoms with van der Waals surface area (Å²) < 4.78 is 5.13. The zero-order valence-electron chi connectivity index (χ0n) is 14.1. The van der Waals surface area contributed by atoms with Crippen molar-refractivity contribution in [1.29, 1.82) is 0 Å². The highest BCUT2D eigenvalue weighted by Gasteiger charge is 2.17. The maximum atomic E-state index is 12.4. The number of anilines is 1. The predicted molar refractivity (Wildman–Crippen MR) is 92.4 cm³/mol. The van der Waals surface area contributed by atoms with Gasteiger partial charge < -0.3 is 15.0 Å². The highest BCUT2D eigenvalue weighted by atomic mass is 16.5. The number of hydrogen-bond donors (Lipinski definition) is 1. The van der Waals surface area contributed by atoms with Gasteiger partial charge in [-0.25, -0.2) is 9.97 Å². The number of carbonyl (C=O) groups is 1. The molecule has 1 aromatic carbocycles. The van der Waals surface area contributed by atoms with Crippen LogP contribution in [0.4, 0.5) is 5.82 Å². The van der Waals surface area contributed by atoms with Gasteiger partial charge in [-0.3, -0.25) is 4.79 Å². The zero-order chi connectivity index (χ0) is 16.9. The molecule has 3 rings (SSSR count). The first kappa shape index (κ1) is 16.2. The van der Waals surface area contributed by atoms with Gasteiger partial charge in [-0.05, 0) is 37.5 Å². The van der Waals surface area contributed by atoms with Gasteiger partial charge in [0.05, 0.1) is 7.11 Å². The van der Waals surface area contributed by atoms with Gasteiger partial charge in [0.2, 0.25) is 0 Å². The molecule has 6 nitrogen and oxygen atoms in total. The summed E-state index contributed by atoms with van der Waals surface area (Å²) in [5, 5.41) is 2.91. The molecular formula is C18H22N4O2. The van der Waals surface area contributed by atoms with Gasteiger partial charge >= 0.3 is 0 Å². The van der Waals surface area contributed by atoms with E-state index in [1.165, 1.54) is 12.8 Å². The van der Waals surface area contributed by atoms with Crippen molar-refractivity contribution >= 4 is 11.7 Å². The van der Waals surface area contributed by atoms with Crippen LogP contribution in [0.1, 0.15) is 34.7 Å². The monoisotopic (exact) mass is 326 g/mol. The van der Waals surface area contributed by atoms with Crippen LogP contribution in [0, 0.1) is 6.92 Å². The van der Waals surface area contributed by atoms with E-state index in [9.17, 15) is 4.79 Å². The van der Waals surface area contributed by atoms with Crippen molar-refractivity contribution in [3.63, 3.8) is 0 Å². The highest BCUT2D eigenvalue weighted by Crippen LogP contribution is 2.18. The van der Waals surface area contributed by atoms with Gasteiger partial charge in [0.15, 0.2) is 0 Å². The summed E-state index contributed by atoms with van der Waals surface area (Å²) in [6.07, 6.45) is 2.34. The molecule has 0 spiro atoms. The number of methoxy groups -OCH3 is 1. The number of aryl methyl sites for hydroxylation is 1. The Morgan fingerprint density at radius 1 is 1.21 bits per heavy atom. The zero-order valence-corrected chi connectivity index (χ0v) is 14.1. The van der Waals surface area contributed by atoms with Crippen LogP contribution in [0.15, 0.2) is 30.3 Å². The van der Waals surface area contributed by atoms with Gasteiger partial charge in [-0.2, -0.15) is 0 Å². The number of amides is 1. The third-order valence-corrected chi connectivity index (χ3v) is 4.10. The van der Waals surface area contributed by atoms with Gasteiger partial charge in [0.25, 0.3) is 5.91 Å². The number of ether oxygens (including phenoxy) is 1. The Kier molecular flexibility index (Phi) is 4.93. The van der Waals surface area contributed by atoms with E-state index in [1.807, 2.05) is 31.2 Å². The summed E-state index contributed by atoms with van der Waals surface area (Å²) in [4.78, 5) is 23.4. The fourth-order valence-electron chi connectivity index (χ4n) is 2.79. The Bertz CT molecular complexity index is 709. The molecule has 1 aliphatic heterocycles. The maximum Gasteiger partial charge on any atom is 0.270 e. The molecule has 2 aromatic rings. The molecule has 1 aliphatic rings. The van der Waals surface area contributed by atoms with Crippen LogP contribution in [0.5, 0.6) is 5.75 Å². The number of benzene rings is 1. The second-order valence-electron chi connectivity index (χ2n) is 5.88. The topological polar surface area (TPSA) is 67.3 Å². The molecule has 1 N–H and O–H groups in total. The third kappa shape index (κ3) is 3.82. The SMILES string of the molecule is COc1ccc(CNC(=O)c2cc(N3CCCC3)nc(C)n2)cc1. The molecule has 0 aliphatic carbocycles. The molecule has 1 aromatic heterocycles. The lowest BCUT2D eigenvalue weighted by atomic mass is 10.2. The third-order valence-electron chi connectivity index (χ3n) is 4.10. The molecule has 1 saturated heterocycles. The maximum absolute atomic E-state index is 12.4. The van der Waals surface area contributed by atoms with Crippen molar-refractivity contribution in [2.45, 2.75) is 26.3 Å². The second kappa shape index (κ2) is 7.29. The summed E-state index contributed by atoms with van der Waals surface area (Å²) in [6.45, 7) is 4.25. The summed E-state index contributed by atoms with van der Waals surface area (Å²) >= 11 is 0. The summed E-state index contributed by atoms with van der Waals surface area (Å²) in [5.74, 6) is 2.08. The Morgan fingerprint density at radius 2 is 1.92 bits per heavy atom. The molecule has 126 valence electrons. The van der Waals surface area contributed by atoms with Crippen LogP contribution in [0.25, 0.3) is 0 Å². The van der Waals surface area contributed by atoms with Gasteiger partial charge in [-0.15, -0.1) is 0 Å². The lowest BCUT2D eigenvalue weighted by Gasteiger charge is -2.17. The molecule has 0 bridgehead atoms. The normalized spacial score (nSPS) is 13.8. The van der Waals surface area contributed by atoms with E-state index >= 15 is 0 Å². The smallest absolute Gasteiger partial charge is 0.270 e. The van der Waals surface area contributed by atoms with Crippen molar-refractivity contribution in [2.24, 2.45) is 0 Å². The second-order valence-corrected chi connectivity index (χ2v) is 5.88. The van der Waals surface area contributed by atoms with Crippen LogP contribution >= 0.6 is 0 Å². The van der Waals surface area contributed by atoms with E-state index < -0.39 is 0 Å². The Labute approximate surface area is 141 Å². The van der Waals surface area contributed by atoms with E-state index in [0.717, 1.165) is 30.2 Å². The number of carbonyl (C=O) groups excluding carboxylic acids is 1. The molecule has 0 saturated carbocycles. The van der Waals surface area contributed by atoms with Crippen LogP contribution in [0.2, 0.25) is 0 Å². The quantitative estimate of drug-likeness (QED) is 0.913. The molecule has 24 heavy (non-hydrogen) atoms. The number of rotatable bonds is 5. The minimum absolute atomic E-state index is 0.184. The lowest BCUT2D eigenvalue weighted by Crippen LogP contribution is -2.26. The summed E-state index contributed by atoms with van der Waals surface area (Å²) in [5.41, 5.74) is 1.42. The lowest BCUT2D eigenvalue weighted by molar-refractivity contribution is 0.0945. The first-order valence-electron chi connectivity index (χ1n) is 8.17. The first-order valence-corrected chi connectivity index (χ1v) is 8.17. The minimum atomic E-state index is -0.184. The van der Waals surface area contributed by atoms with E-state index in [0.29, 0.717) is 18.1 Å². The van der Waals surface area contributed by atoms with E-state index in [-0.39, 0.29) is 5.91 Å². The number of hydrogen-bond acceptors (Lipinski definition) is 5. The fourth-order valence-corrected chi connectivity index (χ4v) is 2.79. The highest BCUT2D eigenvalue weighted by molar-refractivity contribution is 5.92. The number of nitrogens with zero attached hydrogens (tertiary/aromatic N) is 3. The predicted octanol–water partition coefficient (Wildman–Crippen LogP) is 2.32. The van der Waals surface area contributed by atoms with Crippen LogP contribution in [0.3, 0.4) is 0 Å². The van der Waals surface area contributed by atoms with E-state index in [2.05, 4.69) is 20.2 Å². The van der Waals surface area contributed by atoms with Gasteiger partial charge in [0, 0.05) is 25.7 Å². The molecule has 2 heterocycles. The Balaban J connectivity index is 1.67. The molecular weight excluding hydrogens is 304 g/mol.